The predicted octanol–water partition coefficient (Wildman–Crippen LogP) is 4.16. The number of nitro benzene ring substituents is 1. The first-order valence-electron chi connectivity index (χ1n) is 8.65. The van der Waals surface area contributed by atoms with Gasteiger partial charge in [-0.1, -0.05) is 39.5 Å². The van der Waals surface area contributed by atoms with Crippen LogP contribution >= 0.6 is 11.8 Å². The first kappa shape index (κ1) is 19.7. The second kappa shape index (κ2) is 8.19. The number of amidine groups is 1. The Morgan fingerprint density at radius 3 is 2.56 bits per heavy atom. The minimum Gasteiger partial charge on any atom is -0.391 e. The lowest BCUT2D eigenvalue weighted by Gasteiger charge is -2.29. The van der Waals surface area contributed by atoms with Gasteiger partial charge in [0.2, 0.25) is 0 Å². The van der Waals surface area contributed by atoms with E-state index in [9.17, 15) is 15.2 Å². The Morgan fingerprint density at radius 2 is 2.04 bits per heavy atom. The molecule has 0 unspecified atom stereocenters. The monoisotopic (exact) mass is 365 g/mol. The molecule has 0 amide bonds. The summed E-state index contributed by atoms with van der Waals surface area (Å²) >= 11 is 1.64. The number of hydrogen-bond donors (Lipinski definition) is 1. The zero-order chi connectivity index (χ0) is 18.7. The molecule has 1 saturated heterocycles. The van der Waals surface area contributed by atoms with Gasteiger partial charge in [-0.3, -0.25) is 10.1 Å². The standard InChI is InChI=1S/C18H27N3O3S/c1-11(2)9-20-17(13(5)22)10-25-18(20)19-16-7-6-14(21(23)24)8-15(16)12(3)4/h6-8,11-13,17,22H,9-10H2,1-5H3/t13-,17-/m1/s1. The molecule has 0 aliphatic carbocycles. The van der Waals surface area contributed by atoms with E-state index in [4.69, 9.17) is 4.99 Å². The number of benzene rings is 1. The maximum absolute atomic E-state index is 11.1. The van der Waals surface area contributed by atoms with Gasteiger partial charge in [0.05, 0.1) is 22.8 Å². The third-order valence-electron chi connectivity index (χ3n) is 4.21. The summed E-state index contributed by atoms with van der Waals surface area (Å²) in [7, 11) is 0. The van der Waals surface area contributed by atoms with Crippen molar-refractivity contribution in [3.63, 3.8) is 0 Å². The smallest absolute Gasteiger partial charge is 0.269 e. The molecule has 1 heterocycles. The van der Waals surface area contributed by atoms with Crippen LogP contribution in [-0.4, -0.2) is 44.5 Å². The van der Waals surface area contributed by atoms with Crippen LogP contribution in [0, 0.1) is 16.0 Å². The van der Waals surface area contributed by atoms with Crippen molar-refractivity contribution < 1.29 is 10.0 Å². The molecule has 1 aliphatic heterocycles. The van der Waals surface area contributed by atoms with Gasteiger partial charge in [0.15, 0.2) is 5.17 Å². The van der Waals surface area contributed by atoms with Crippen LogP contribution in [0.3, 0.4) is 0 Å². The topological polar surface area (TPSA) is 79.0 Å². The number of nitro groups is 1. The van der Waals surface area contributed by atoms with E-state index in [1.54, 1.807) is 23.9 Å². The van der Waals surface area contributed by atoms with E-state index in [-0.39, 0.29) is 22.6 Å². The molecule has 0 saturated carbocycles. The second-order valence-corrected chi connectivity index (χ2v) is 8.20. The molecule has 2 atom stereocenters. The van der Waals surface area contributed by atoms with Crippen LogP contribution in [0.5, 0.6) is 0 Å². The highest BCUT2D eigenvalue weighted by Crippen LogP contribution is 2.34. The highest BCUT2D eigenvalue weighted by molar-refractivity contribution is 8.14. The van der Waals surface area contributed by atoms with Gasteiger partial charge >= 0.3 is 0 Å². The largest absolute Gasteiger partial charge is 0.391 e. The van der Waals surface area contributed by atoms with E-state index in [1.165, 1.54) is 6.07 Å². The molecular formula is C18H27N3O3S. The Morgan fingerprint density at radius 1 is 1.36 bits per heavy atom. The second-order valence-electron chi connectivity index (χ2n) is 7.21. The van der Waals surface area contributed by atoms with Crippen molar-refractivity contribution in [1.82, 2.24) is 4.90 Å². The predicted molar refractivity (Wildman–Crippen MR) is 104 cm³/mol. The molecule has 2 rings (SSSR count). The number of nitrogens with zero attached hydrogens (tertiary/aromatic N) is 3. The Bertz CT molecular complexity index is 659. The van der Waals surface area contributed by atoms with E-state index < -0.39 is 6.10 Å². The first-order valence-corrected chi connectivity index (χ1v) is 9.63. The molecule has 1 fully saturated rings. The third kappa shape index (κ3) is 4.73. The SMILES string of the molecule is CC(C)CN1C(=Nc2ccc([N+](=O)[O-])cc2C(C)C)SC[C@@H]1[C@@H](C)O. The summed E-state index contributed by atoms with van der Waals surface area (Å²) in [4.78, 5) is 17.7. The average Bonchev–Trinajstić information content (AvgIpc) is 2.89. The molecule has 1 aromatic rings. The summed E-state index contributed by atoms with van der Waals surface area (Å²) < 4.78 is 0. The van der Waals surface area contributed by atoms with Gasteiger partial charge in [0.1, 0.15) is 0 Å². The number of aliphatic hydroxyl groups is 1. The highest BCUT2D eigenvalue weighted by Gasteiger charge is 2.33. The Kier molecular flexibility index (Phi) is 6.46. The van der Waals surface area contributed by atoms with Crippen molar-refractivity contribution >= 4 is 28.3 Å². The molecule has 6 nitrogen and oxygen atoms in total. The van der Waals surface area contributed by atoms with Crippen LogP contribution in [0.2, 0.25) is 0 Å². The fourth-order valence-electron chi connectivity index (χ4n) is 2.90. The van der Waals surface area contributed by atoms with Crippen LogP contribution in [0.25, 0.3) is 0 Å². The van der Waals surface area contributed by atoms with E-state index in [0.717, 1.165) is 28.7 Å². The minimum atomic E-state index is -0.430. The average molecular weight is 365 g/mol. The van der Waals surface area contributed by atoms with Gasteiger partial charge in [-0.05, 0) is 30.4 Å². The number of rotatable bonds is 6. The number of aliphatic imine (C=N–C) groups is 1. The molecule has 1 N–H and O–H groups in total. The minimum absolute atomic E-state index is 0.0479. The van der Waals surface area contributed by atoms with Crippen molar-refractivity contribution in [1.29, 1.82) is 0 Å². The number of thioether (sulfide) groups is 1. The van der Waals surface area contributed by atoms with Crippen LogP contribution in [0.15, 0.2) is 23.2 Å². The molecular weight excluding hydrogens is 338 g/mol. The lowest BCUT2D eigenvalue weighted by Crippen LogP contribution is -2.43. The van der Waals surface area contributed by atoms with Crippen LogP contribution < -0.4 is 0 Å². The molecule has 7 heteroatoms. The maximum Gasteiger partial charge on any atom is 0.269 e. The molecule has 0 aromatic heterocycles. The van der Waals surface area contributed by atoms with Gasteiger partial charge in [-0.15, -0.1) is 0 Å². The van der Waals surface area contributed by atoms with E-state index >= 15 is 0 Å². The normalized spacial score (nSPS) is 20.7. The van der Waals surface area contributed by atoms with Crippen molar-refractivity contribution in [3.8, 4) is 0 Å². The lowest BCUT2D eigenvalue weighted by molar-refractivity contribution is -0.384. The van der Waals surface area contributed by atoms with Crippen LogP contribution in [0.4, 0.5) is 11.4 Å². The summed E-state index contributed by atoms with van der Waals surface area (Å²) in [6.45, 7) is 10.9. The van der Waals surface area contributed by atoms with Crippen LogP contribution in [-0.2, 0) is 0 Å². The number of hydrogen-bond acceptors (Lipinski definition) is 5. The summed E-state index contributed by atoms with van der Waals surface area (Å²) in [5, 5.41) is 22.0. The Balaban J connectivity index is 2.42. The molecule has 0 bridgehead atoms. The van der Waals surface area contributed by atoms with E-state index in [1.807, 2.05) is 20.8 Å². The van der Waals surface area contributed by atoms with E-state index in [0.29, 0.717) is 5.92 Å². The van der Waals surface area contributed by atoms with Gasteiger partial charge in [0, 0.05) is 24.4 Å². The zero-order valence-electron chi connectivity index (χ0n) is 15.5. The molecule has 0 radical (unpaired) electrons. The lowest BCUT2D eigenvalue weighted by atomic mass is 10.0. The van der Waals surface area contributed by atoms with Crippen LogP contribution in [0.1, 0.15) is 46.1 Å². The first-order chi connectivity index (χ1) is 11.7. The number of aliphatic hydroxyl groups excluding tert-OH is 1. The molecule has 138 valence electrons. The third-order valence-corrected chi connectivity index (χ3v) is 5.30. The molecule has 25 heavy (non-hydrogen) atoms. The summed E-state index contributed by atoms with van der Waals surface area (Å²) in [5.41, 5.74) is 1.73. The fourth-order valence-corrected chi connectivity index (χ4v) is 4.22. The highest BCUT2D eigenvalue weighted by atomic mass is 32.2. The Labute approximate surface area is 153 Å². The van der Waals surface area contributed by atoms with Gasteiger partial charge in [-0.2, -0.15) is 0 Å². The van der Waals surface area contributed by atoms with Crippen molar-refractivity contribution in [2.75, 3.05) is 12.3 Å². The summed E-state index contributed by atoms with van der Waals surface area (Å²) in [5.74, 6) is 1.39. The van der Waals surface area contributed by atoms with E-state index in [2.05, 4.69) is 18.7 Å². The molecule has 0 spiro atoms. The van der Waals surface area contributed by atoms with Gasteiger partial charge in [-0.25, -0.2) is 4.99 Å². The zero-order valence-corrected chi connectivity index (χ0v) is 16.3. The summed E-state index contributed by atoms with van der Waals surface area (Å²) in [6.07, 6.45) is -0.430. The molecule has 1 aromatic carbocycles. The quantitative estimate of drug-likeness (QED) is 0.605. The maximum atomic E-state index is 11.1. The Hall–Kier alpha value is -1.60. The van der Waals surface area contributed by atoms with Gasteiger partial charge < -0.3 is 10.0 Å². The fraction of sp³-hybridized carbons (Fsp3) is 0.611. The summed E-state index contributed by atoms with van der Waals surface area (Å²) in [6, 6.07) is 4.89. The van der Waals surface area contributed by atoms with Crippen molar-refractivity contribution in [2.45, 2.75) is 52.7 Å². The van der Waals surface area contributed by atoms with Crippen molar-refractivity contribution in [3.05, 3.63) is 33.9 Å². The van der Waals surface area contributed by atoms with Crippen molar-refractivity contribution in [2.24, 2.45) is 10.9 Å². The molecule has 1 aliphatic rings. The number of non-ortho nitro benzene ring substituents is 1. The van der Waals surface area contributed by atoms with Gasteiger partial charge in [0.25, 0.3) is 5.69 Å².